The first-order chi connectivity index (χ1) is 10.1. The molecular formula is C15H14BrFN2O2. The van der Waals surface area contributed by atoms with Gasteiger partial charge in [-0.3, -0.25) is 5.41 Å². The van der Waals surface area contributed by atoms with Crippen molar-refractivity contribution < 1.29 is 13.9 Å². The summed E-state index contributed by atoms with van der Waals surface area (Å²) in [5.41, 5.74) is 5.99. The lowest BCUT2D eigenvalue weighted by Crippen LogP contribution is -2.11. The molecule has 0 aliphatic rings. The average Bonchev–Trinajstić information content (AvgIpc) is 2.46. The summed E-state index contributed by atoms with van der Waals surface area (Å²) in [4.78, 5) is 0. The number of hydrogen-bond acceptors (Lipinski definition) is 3. The Bertz CT molecular complexity index is 632. The molecule has 0 bridgehead atoms. The summed E-state index contributed by atoms with van der Waals surface area (Å²) in [7, 11) is 0. The summed E-state index contributed by atoms with van der Waals surface area (Å²) < 4.78 is 24.9. The minimum absolute atomic E-state index is 0.00981. The second-order valence-electron chi connectivity index (χ2n) is 4.21. The molecule has 0 saturated carbocycles. The van der Waals surface area contributed by atoms with Gasteiger partial charge in [-0.05, 0) is 42.5 Å². The Morgan fingerprint density at radius 1 is 1.10 bits per heavy atom. The van der Waals surface area contributed by atoms with Gasteiger partial charge in [0.05, 0.1) is 0 Å². The molecule has 0 spiro atoms. The van der Waals surface area contributed by atoms with Gasteiger partial charge >= 0.3 is 0 Å². The molecular weight excluding hydrogens is 339 g/mol. The van der Waals surface area contributed by atoms with Crippen LogP contribution in [0.1, 0.15) is 5.56 Å². The Balaban J connectivity index is 1.80. The minimum Gasteiger partial charge on any atom is -0.490 e. The number of halogens is 2. The molecule has 0 aliphatic heterocycles. The zero-order valence-corrected chi connectivity index (χ0v) is 12.7. The number of hydrogen-bond donors (Lipinski definition) is 2. The normalized spacial score (nSPS) is 10.2. The molecule has 21 heavy (non-hydrogen) atoms. The van der Waals surface area contributed by atoms with E-state index >= 15 is 0 Å². The fraction of sp³-hybridized carbons (Fsp3) is 0.133. The standard InChI is InChI=1S/C15H14BrFN2O2/c16-11-3-6-14(13(17)9-11)21-8-7-20-12-4-1-10(2-5-12)15(18)19/h1-6,9H,7-8H2,(H3,18,19). The Labute approximate surface area is 130 Å². The van der Waals surface area contributed by atoms with E-state index in [1.165, 1.54) is 6.07 Å². The van der Waals surface area contributed by atoms with Gasteiger partial charge in [-0.15, -0.1) is 0 Å². The molecule has 0 unspecified atom stereocenters. The van der Waals surface area contributed by atoms with Gasteiger partial charge in [0.25, 0.3) is 0 Å². The number of amidine groups is 1. The Hall–Kier alpha value is -2.08. The smallest absolute Gasteiger partial charge is 0.166 e. The van der Waals surface area contributed by atoms with Gasteiger partial charge in [0.15, 0.2) is 11.6 Å². The first-order valence-electron chi connectivity index (χ1n) is 6.21. The van der Waals surface area contributed by atoms with E-state index in [-0.39, 0.29) is 24.8 Å². The van der Waals surface area contributed by atoms with Crippen LogP contribution in [0.25, 0.3) is 0 Å². The topological polar surface area (TPSA) is 68.3 Å². The van der Waals surface area contributed by atoms with Gasteiger partial charge in [-0.2, -0.15) is 0 Å². The maximum absolute atomic E-state index is 13.5. The zero-order chi connectivity index (χ0) is 15.2. The van der Waals surface area contributed by atoms with Gasteiger partial charge in [-0.1, -0.05) is 15.9 Å². The summed E-state index contributed by atoms with van der Waals surface area (Å²) >= 11 is 3.18. The molecule has 110 valence electrons. The molecule has 0 saturated heterocycles. The highest BCUT2D eigenvalue weighted by Gasteiger charge is 2.04. The molecule has 0 amide bonds. The van der Waals surface area contributed by atoms with Crippen molar-refractivity contribution >= 4 is 21.8 Å². The molecule has 0 aromatic heterocycles. The molecule has 0 radical (unpaired) electrons. The van der Waals surface area contributed by atoms with Crippen LogP contribution in [0, 0.1) is 11.2 Å². The molecule has 2 aromatic rings. The first kappa shape index (κ1) is 15.3. The van der Waals surface area contributed by atoms with Gasteiger partial charge in [0.2, 0.25) is 0 Å². The van der Waals surface area contributed by atoms with Crippen molar-refractivity contribution in [1.29, 1.82) is 5.41 Å². The van der Waals surface area contributed by atoms with Crippen molar-refractivity contribution in [3.63, 3.8) is 0 Å². The van der Waals surface area contributed by atoms with Crippen molar-refractivity contribution in [2.75, 3.05) is 13.2 Å². The Morgan fingerprint density at radius 3 is 2.38 bits per heavy atom. The third-order valence-corrected chi connectivity index (χ3v) is 3.16. The van der Waals surface area contributed by atoms with E-state index in [1.54, 1.807) is 36.4 Å². The fourth-order valence-corrected chi connectivity index (χ4v) is 1.97. The number of benzene rings is 2. The maximum atomic E-state index is 13.5. The maximum Gasteiger partial charge on any atom is 0.166 e. The SMILES string of the molecule is N=C(N)c1ccc(OCCOc2ccc(Br)cc2F)cc1. The molecule has 2 aromatic carbocycles. The van der Waals surface area contributed by atoms with Gasteiger partial charge < -0.3 is 15.2 Å². The molecule has 0 aliphatic carbocycles. The predicted molar refractivity (Wildman–Crippen MR) is 82.5 cm³/mol. The summed E-state index contributed by atoms with van der Waals surface area (Å²) in [5, 5.41) is 7.28. The second kappa shape index (κ2) is 7.08. The third kappa shape index (κ3) is 4.46. The minimum atomic E-state index is -0.421. The van der Waals surface area contributed by atoms with Crippen LogP contribution in [0.4, 0.5) is 4.39 Å². The van der Waals surface area contributed by atoms with Crippen molar-refractivity contribution in [3.8, 4) is 11.5 Å². The van der Waals surface area contributed by atoms with E-state index in [1.807, 2.05) is 0 Å². The zero-order valence-electron chi connectivity index (χ0n) is 11.1. The molecule has 0 atom stereocenters. The van der Waals surface area contributed by atoms with Crippen molar-refractivity contribution in [2.45, 2.75) is 0 Å². The molecule has 0 fully saturated rings. The summed E-state index contributed by atoms with van der Waals surface area (Å²) in [5.74, 6) is 0.416. The quantitative estimate of drug-likeness (QED) is 0.476. The number of nitrogens with one attached hydrogen (secondary N) is 1. The van der Waals surface area contributed by atoms with Gasteiger partial charge in [0.1, 0.15) is 24.8 Å². The first-order valence-corrected chi connectivity index (χ1v) is 7.00. The van der Waals surface area contributed by atoms with Crippen LogP contribution in [0.15, 0.2) is 46.9 Å². The van der Waals surface area contributed by atoms with Crippen LogP contribution in [0.5, 0.6) is 11.5 Å². The Morgan fingerprint density at radius 2 is 1.76 bits per heavy atom. The van der Waals surface area contributed by atoms with Crippen LogP contribution < -0.4 is 15.2 Å². The summed E-state index contributed by atoms with van der Waals surface area (Å²) in [6, 6.07) is 11.4. The van der Waals surface area contributed by atoms with Crippen LogP contribution >= 0.6 is 15.9 Å². The number of rotatable bonds is 6. The molecule has 2 rings (SSSR count). The third-order valence-electron chi connectivity index (χ3n) is 2.67. The highest BCUT2D eigenvalue weighted by Crippen LogP contribution is 2.21. The van der Waals surface area contributed by atoms with Crippen LogP contribution in [0.2, 0.25) is 0 Å². The van der Waals surface area contributed by atoms with Crippen LogP contribution in [-0.4, -0.2) is 19.0 Å². The monoisotopic (exact) mass is 352 g/mol. The molecule has 4 nitrogen and oxygen atoms in total. The van der Waals surface area contributed by atoms with Gasteiger partial charge in [-0.25, -0.2) is 4.39 Å². The van der Waals surface area contributed by atoms with E-state index in [2.05, 4.69) is 15.9 Å². The van der Waals surface area contributed by atoms with E-state index in [9.17, 15) is 4.39 Å². The Kier molecular flexibility index (Phi) is 5.16. The molecule has 0 heterocycles. The second-order valence-corrected chi connectivity index (χ2v) is 5.13. The molecule has 6 heteroatoms. The van der Waals surface area contributed by atoms with Crippen LogP contribution in [-0.2, 0) is 0 Å². The highest BCUT2D eigenvalue weighted by atomic mass is 79.9. The average molecular weight is 353 g/mol. The summed E-state index contributed by atoms with van der Waals surface area (Å²) in [6.07, 6.45) is 0. The van der Waals surface area contributed by atoms with E-state index in [0.717, 1.165) is 0 Å². The largest absolute Gasteiger partial charge is 0.490 e. The van der Waals surface area contributed by atoms with E-state index in [4.69, 9.17) is 20.6 Å². The number of ether oxygens (including phenoxy) is 2. The highest BCUT2D eigenvalue weighted by molar-refractivity contribution is 9.10. The fourth-order valence-electron chi connectivity index (χ4n) is 1.63. The van der Waals surface area contributed by atoms with E-state index < -0.39 is 5.82 Å². The lowest BCUT2D eigenvalue weighted by atomic mass is 10.2. The lowest BCUT2D eigenvalue weighted by Gasteiger charge is -2.09. The van der Waals surface area contributed by atoms with Crippen LogP contribution in [0.3, 0.4) is 0 Å². The predicted octanol–water partition coefficient (Wildman–Crippen LogP) is 3.33. The van der Waals surface area contributed by atoms with Gasteiger partial charge in [0, 0.05) is 10.0 Å². The lowest BCUT2D eigenvalue weighted by molar-refractivity contribution is 0.211. The van der Waals surface area contributed by atoms with E-state index in [0.29, 0.717) is 15.8 Å². The van der Waals surface area contributed by atoms with Crippen molar-refractivity contribution in [1.82, 2.24) is 0 Å². The van der Waals surface area contributed by atoms with Crippen molar-refractivity contribution in [3.05, 3.63) is 58.3 Å². The number of nitrogen functional groups attached to an aromatic ring is 1. The summed E-state index contributed by atoms with van der Waals surface area (Å²) in [6.45, 7) is 0.516. The number of nitrogens with two attached hydrogens (primary N) is 1. The molecule has 3 N–H and O–H groups in total. The van der Waals surface area contributed by atoms with Crippen molar-refractivity contribution in [2.24, 2.45) is 5.73 Å².